The van der Waals surface area contributed by atoms with Gasteiger partial charge in [-0.1, -0.05) is 17.9 Å². The number of carbonyl (C=O) groups excluding carboxylic acids is 1. The first-order valence-electron chi connectivity index (χ1n) is 6.52. The molecule has 1 aliphatic heterocycles. The molecule has 1 saturated heterocycles. The minimum absolute atomic E-state index is 0.0783. The van der Waals surface area contributed by atoms with Crippen LogP contribution in [0.1, 0.15) is 24.0 Å². The lowest BCUT2D eigenvalue weighted by Crippen LogP contribution is -2.34. The lowest BCUT2D eigenvalue weighted by atomic mass is 10.1. The van der Waals surface area contributed by atoms with Crippen LogP contribution in [-0.2, 0) is 15.7 Å². The van der Waals surface area contributed by atoms with Gasteiger partial charge in [-0.25, -0.2) is 0 Å². The average Bonchev–Trinajstić information content (AvgIpc) is 2.97. The minimum Gasteiger partial charge on any atom is -0.368 e. The van der Waals surface area contributed by atoms with Gasteiger partial charge in [0.1, 0.15) is 6.10 Å². The Kier molecular flexibility index (Phi) is 4.86. The number of ether oxygens (including phenoxy) is 1. The van der Waals surface area contributed by atoms with E-state index in [9.17, 15) is 18.0 Å². The average molecular weight is 297 g/mol. The molecular weight excluding hydrogens is 283 g/mol. The van der Waals surface area contributed by atoms with Gasteiger partial charge in [0.05, 0.1) is 12.1 Å². The molecule has 1 aliphatic rings. The molecule has 0 aliphatic carbocycles. The Balaban J connectivity index is 1.89. The monoisotopic (exact) mass is 297 g/mol. The molecule has 1 amide bonds. The van der Waals surface area contributed by atoms with Crippen molar-refractivity contribution in [2.45, 2.75) is 25.1 Å². The highest BCUT2D eigenvalue weighted by Crippen LogP contribution is 2.29. The summed E-state index contributed by atoms with van der Waals surface area (Å²) in [5, 5.41) is 2.58. The number of alkyl halides is 3. The van der Waals surface area contributed by atoms with Crippen LogP contribution in [0.25, 0.3) is 0 Å². The van der Waals surface area contributed by atoms with Crippen molar-refractivity contribution in [2.75, 3.05) is 13.2 Å². The van der Waals surface area contributed by atoms with Crippen LogP contribution >= 0.6 is 0 Å². The quantitative estimate of drug-likeness (QED) is 0.851. The molecule has 2 rings (SSSR count). The number of amides is 1. The molecule has 112 valence electrons. The predicted octanol–water partition coefficient (Wildman–Crippen LogP) is 2.35. The molecule has 1 heterocycles. The van der Waals surface area contributed by atoms with Gasteiger partial charge in [-0.3, -0.25) is 4.79 Å². The second kappa shape index (κ2) is 6.64. The first-order valence-corrected chi connectivity index (χ1v) is 6.52. The van der Waals surface area contributed by atoms with Crippen molar-refractivity contribution < 1.29 is 22.7 Å². The molecule has 0 aromatic heterocycles. The van der Waals surface area contributed by atoms with Gasteiger partial charge in [-0.15, -0.1) is 0 Å². The molecule has 1 aromatic rings. The Hall–Kier alpha value is -2.00. The van der Waals surface area contributed by atoms with Gasteiger partial charge in [-0.2, -0.15) is 13.2 Å². The van der Waals surface area contributed by atoms with Gasteiger partial charge in [0, 0.05) is 12.2 Å². The van der Waals surface area contributed by atoms with E-state index in [0.29, 0.717) is 13.0 Å². The van der Waals surface area contributed by atoms with Gasteiger partial charge in [0.15, 0.2) is 0 Å². The van der Waals surface area contributed by atoms with E-state index in [1.54, 1.807) is 0 Å². The Morgan fingerprint density at radius 1 is 1.43 bits per heavy atom. The predicted molar refractivity (Wildman–Crippen MR) is 70.3 cm³/mol. The fraction of sp³-hybridized carbons (Fsp3) is 0.400. The second-order valence-electron chi connectivity index (χ2n) is 4.60. The number of nitrogens with one attached hydrogen (secondary N) is 1. The van der Waals surface area contributed by atoms with Crippen molar-refractivity contribution in [1.29, 1.82) is 0 Å². The Morgan fingerprint density at radius 2 is 2.24 bits per heavy atom. The molecule has 6 heteroatoms. The molecule has 1 atom stereocenters. The molecule has 1 aromatic carbocycles. The van der Waals surface area contributed by atoms with Crippen molar-refractivity contribution in [3.63, 3.8) is 0 Å². The molecule has 3 nitrogen and oxygen atoms in total. The first kappa shape index (κ1) is 15.4. The number of benzene rings is 1. The van der Waals surface area contributed by atoms with E-state index in [1.165, 1.54) is 12.1 Å². The molecule has 0 saturated carbocycles. The highest BCUT2D eigenvalue weighted by Gasteiger charge is 2.30. The summed E-state index contributed by atoms with van der Waals surface area (Å²) in [4.78, 5) is 11.6. The number of halogens is 3. The van der Waals surface area contributed by atoms with Crippen molar-refractivity contribution in [1.82, 2.24) is 5.32 Å². The highest BCUT2D eigenvalue weighted by molar-refractivity contribution is 5.81. The van der Waals surface area contributed by atoms with Crippen molar-refractivity contribution in [2.24, 2.45) is 0 Å². The summed E-state index contributed by atoms with van der Waals surface area (Å²) in [5.74, 6) is 5.00. The summed E-state index contributed by atoms with van der Waals surface area (Å²) in [6.45, 7) is 0.656. The molecule has 1 N–H and O–H groups in total. The normalized spacial score (nSPS) is 18.0. The number of rotatable bonds is 2. The summed E-state index contributed by atoms with van der Waals surface area (Å²) in [6.07, 6.45) is -3.27. The number of carbonyl (C=O) groups is 1. The Morgan fingerprint density at radius 3 is 2.90 bits per heavy atom. The zero-order valence-corrected chi connectivity index (χ0v) is 11.2. The maximum Gasteiger partial charge on any atom is 0.416 e. The Labute approximate surface area is 120 Å². The van der Waals surface area contributed by atoms with Crippen LogP contribution in [0.4, 0.5) is 13.2 Å². The molecule has 0 radical (unpaired) electrons. The third kappa shape index (κ3) is 4.50. The van der Waals surface area contributed by atoms with Crippen LogP contribution in [0.15, 0.2) is 24.3 Å². The van der Waals surface area contributed by atoms with Crippen LogP contribution in [-0.4, -0.2) is 25.2 Å². The standard InChI is InChI=1S/C15H14F3NO2/c16-15(17,18)12-6-1-4-11(10-12)5-2-8-19-14(20)13-7-3-9-21-13/h1,4,6,10,13H,3,7-9H2,(H,19,20). The van der Waals surface area contributed by atoms with E-state index in [0.717, 1.165) is 18.6 Å². The lowest BCUT2D eigenvalue weighted by molar-refractivity contribution is -0.137. The van der Waals surface area contributed by atoms with E-state index >= 15 is 0 Å². The number of hydrogen-bond acceptors (Lipinski definition) is 2. The maximum absolute atomic E-state index is 12.5. The summed E-state index contributed by atoms with van der Waals surface area (Å²) < 4.78 is 42.7. The van der Waals surface area contributed by atoms with E-state index in [-0.39, 0.29) is 18.0 Å². The third-order valence-electron chi connectivity index (χ3n) is 3.00. The van der Waals surface area contributed by atoms with E-state index in [2.05, 4.69) is 17.2 Å². The fourth-order valence-corrected chi connectivity index (χ4v) is 1.95. The van der Waals surface area contributed by atoms with Crippen LogP contribution in [0.3, 0.4) is 0 Å². The van der Waals surface area contributed by atoms with Crippen LogP contribution in [0.2, 0.25) is 0 Å². The van der Waals surface area contributed by atoms with Crippen molar-refractivity contribution in [3.8, 4) is 11.8 Å². The van der Waals surface area contributed by atoms with Gasteiger partial charge >= 0.3 is 6.18 Å². The van der Waals surface area contributed by atoms with Gasteiger partial charge in [-0.05, 0) is 31.0 Å². The molecule has 1 unspecified atom stereocenters. The van der Waals surface area contributed by atoms with Crippen LogP contribution in [0.5, 0.6) is 0 Å². The highest BCUT2D eigenvalue weighted by atomic mass is 19.4. The van der Waals surface area contributed by atoms with E-state index < -0.39 is 17.8 Å². The summed E-state index contributed by atoms with van der Waals surface area (Å²) in [7, 11) is 0. The molecule has 0 bridgehead atoms. The minimum atomic E-state index is -4.38. The third-order valence-corrected chi connectivity index (χ3v) is 3.00. The lowest BCUT2D eigenvalue weighted by Gasteiger charge is -2.07. The number of hydrogen-bond donors (Lipinski definition) is 1. The van der Waals surface area contributed by atoms with Gasteiger partial charge in [0.2, 0.25) is 5.91 Å². The Bertz CT molecular complexity index is 566. The smallest absolute Gasteiger partial charge is 0.368 e. The van der Waals surface area contributed by atoms with Gasteiger partial charge < -0.3 is 10.1 Å². The largest absolute Gasteiger partial charge is 0.416 e. The maximum atomic E-state index is 12.5. The summed E-state index contributed by atoms with van der Waals surface area (Å²) in [6, 6.07) is 4.77. The van der Waals surface area contributed by atoms with Crippen molar-refractivity contribution >= 4 is 5.91 Å². The topological polar surface area (TPSA) is 38.3 Å². The zero-order chi connectivity index (χ0) is 15.3. The molecule has 1 fully saturated rings. The fourth-order valence-electron chi connectivity index (χ4n) is 1.95. The van der Waals surface area contributed by atoms with E-state index in [1.807, 2.05) is 0 Å². The van der Waals surface area contributed by atoms with Crippen LogP contribution in [0, 0.1) is 11.8 Å². The van der Waals surface area contributed by atoms with E-state index in [4.69, 9.17) is 4.74 Å². The summed E-state index contributed by atoms with van der Waals surface area (Å²) >= 11 is 0. The van der Waals surface area contributed by atoms with Gasteiger partial charge in [0.25, 0.3) is 0 Å². The molecule has 21 heavy (non-hydrogen) atoms. The second-order valence-corrected chi connectivity index (χ2v) is 4.60. The molecule has 0 spiro atoms. The molecular formula is C15H14F3NO2. The van der Waals surface area contributed by atoms with Crippen LogP contribution < -0.4 is 5.32 Å². The first-order chi connectivity index (χ1) is 9.97. The zero-order valence-electron chi connectivity index (χ0n) is 11.2. The SMILES string of the molecule is O=C(NCC#Cc1cccc(C(F)(F)F)c1)C1CCCO1. The summed E-state index contributed by atoms with van der Waals surface area (Å²) in [5.41, 5.74) is -0.478. The van der Waals surface area contributed by atoms with Crippen molar-refractivity contribution in [3.05, 3.63) is 35.4 Å².